The van der Waals surface area contributed by atoms with Gasteiger partial charge in [-0.2, -0.15) is 10.5 Å². The highest BCUT2D eigenvalue weighted by Gasteiger charge is 2.20. The van der Waals surface area contributed by atoms with E-state index in [9.17, 15) is 0 Å². The fraction of sp³-hybridized carbons (Fsp3) is 0.500. The fourth-order valence-corrected chi connectivity index (χ4v) is 3.39. The molecule has 0 amide bonds. The van der Waals surface area contributed by atoms with Gasteiger partial charge in [0.15, 0.2) is 0 Å². The lowest BCUT2D eigenvalue weighted by molar-refractivity contribution is 0.254. The van der Waals surface area contributed by atoms with E-state index < -0.39 is 0 Å². The van der Waals surface area contributed by atoms with E-state index in [1.54, 1.807) is 6.08 Å². The summed E-state index contributed by atoms with van der Waals surface area (Å²) >= 11 is 0. The highest BCUT2D eigenvalue weighted by molar-refractivity contribution is 5.31. The van der Waals surface area contributed by atoms with E-state index in [1.807, 2.05) is 18.2 Å². The zero-order valence-corrected chi connectivity index (χ0v) is 13.2. The van der Waals surface area contributed by atoms with Gasteiger partial charge in [0.05, 0.1) is 17.7 Å². The maximum absolute atomic E-state index is 8.81. The summed E-state index contributed by atoms with van der Waals surface area (Å²) in [5.41, 5.74) is 2.09. The number of nitrogens with zero attached hydrogens (tertiary/aromatic N) is 2. The maximum atomic E-state index is 8.81. The van der Waals surface area contributed by atoms with Gasteiger partial charge in [-0.25, -0.2) is 0 Å². The molecule has 2 heteroatoms. The Labute approximate surface area is 134 Å². The van der Waals surface area contributed by atoms with Crippen LogP contribution in [0.3, 0.4) is 0 Å². The number of nitriles is 2. The zero-order chi connectivity index (χ0) is 15.6. The van der Waals surface area contributed by atoms with Gasteiger partial charge < -0.3 is 0 Å². The molecule has 0 unspecified atom stereocenters. The Hall–Kier alpha value is -2.06. The summed E-state index contributed by atoms with van der Waals surface area (Å²) in [6.07, 6.45) is 13.7. The van der Waals surface area contributed by atoms with Crippen LogP contribution in [0, 0.1) is 34.5 Å². The van der Waals surface area contributed by atoms with Gasteiger partial charge in [-0.15, -0.1) is 0 Å². The monoisotopic (exact) mass is 292 g/mol. The summed E-state index contributed by atoms with van der Waals surface area (Å²) in [5.74, 6) is 1.72. The molecule has 0 aromatic heterocycles. The molecule has 22 heavy (non-hydrogen) atoms. The molecule has 0 atom stereocenters. The van der Waals surface area contributed by atoms with Crippen molar-refractivity contribution in [2.75, 3.05) is 0 Å². The molecule has 1 aromatic rings. The second-order valence-corrected chi connectivity index (χ2v) is 6.34. The van der Waals surface area contributed by atoms with Crippen molar-refractivity contribution in [2.24, 2.45) is 11.8 Å². The van der Waals surface area contributed by atoms with Crippen LogP contribution in [0.1, 0.15) is 56.1 Å². The molecule has 1 aliphatic rings. The Morgan fingerprint density at radius 1 is 0.955 bits per heavy atom. The third kappa shape index (κ3) is 5.38. The highest BCUT2D eigenvalue weighted by Crippen LogP contribution is 2.33. The lowest BCUT2D eigenvalue weighted by Gasteiger charge is -2.28. The second-order valence-electron chi connectivity index (χ2n) is 6.34. The standard InChI is InChI=1S/C20H24N2/c21-15-3-1-2-4-17-5-7-18(8-6-17)9-10-19-11-13-20(16-22)14-12-19/h1,3,11-14,17-18H,2,4-10H2/b3-1+. The molecular weight excluding hydrogens is 268 g/mol. The average molecular weight is 292 g/mol. The molecule has 2 nitrogen and oxygen atoms in total. The van der Waals surface area contributed by atoms with Crippen LogP contribution in [0.5, 0.6) is 0 Å². The van der Waals surface area contributed by atoms with Crippen LogP contribution < -0.4 is 0 Å². The summed E-state index contributed by atoms with van der Waals surface area (Å²) in [7, 11) is 0. The van der Waals surface area contributed by atoms with Crippen molar-refractivity contribution >= 4 is 0 Å². The number of rotatable bonds is 6. The zero-order valence-electron chi connectivity index (χ0n) is 13.2. The van der Waals surface area contributed by atoms with Crippen molar-refractivity contribution in [2.45, 2.75) is 51.4 Å². The van der Waals surface area contributed by atoms with Crippen molar-refractivity contribution in [1.29, 1.82) is 10.5 Å². The first kappa shape index (κ1) is 16.3. The molecule has 1 saturated carbocycles. The van der Waals surface area contributed by atoms with Crippen molar-refractivity contribution in [3.8, 4) is 12.1 Å². The van der Waals surface area contributed by atoms with Crippen LogP contribution in [0.4, 0.5) is 0 Å². The molecule has 0 radical (unpaired) electrons. The maximum Gasteiger partial charge on any atom is 0.0991 e. The van der Waals surface area contributed by atoms with Gasteiger partial charge in [0.25, 0.3) is 0 Å². The Morgan fingerprint density at radius 3 is 2.18 bits per heavy atom. The predicted octanol–water partition coefficient (Wildman–Crippen LogP) is 5.16. The summed E-state index contributed by atoms with van der Waals surface area (Å²) < 4.78 is 0. The van der Waals surface area contributed by atoms with Gasteiger partial charge in [-0.3, -0.25) is 0 Å². The fourth-order valence-electron chi connectivity index (χ4n) is 3.39. The normalized spacial score (nSPS) is 21.4. The Morgan fingerprint density at radius 2 is 1.59 bits per heavy atom. The molecule has 0 aliphatic heterocycles. The van der Waals surface area contributed by atoms with Crippen molar-refractivity contribution < 1.29 is 0 Å². The van der Waals surface area contributed by atoms with E-state index in [1.165, 1.54) is 44.1 Å². The molecule has 2 rings (SSSR count). The minimum atomic E-state index is 0.745. The lowest BCUT2D eigenvalue weighted by Crippen LogP contribution is -2.15. The summed E-state index contributed by atoms with van der Waals surface area (Å²) in [5, 5.41) is 17.3. The number of aryl methyl sites for hydroxylation is 1. The smallest absolute Gasteiger partial charge is 0.0991 e. The predicted molar refractivity (Wildman–Crippen MR) is 88.9 cm³/mol. The minimum absolute atomic E-state index is 0.745. The van der Waals surface area contributed by atoms with Gasteiger partial charge in [-0.05, 0) is 55.2 Å². The number of allylic oxidation sites excluding steroid dienone is 2. The molecular formula is C20H24N2. The number of hydrogen-bond donors (Lipinski definition) is 0. The largest absolute Gasteiger partial charge is 0.193 e. The van der Waals surface area contributed by atoms with Crippen LogP contribution >= 0.6 is 0 Å². The SMILES string of the molecule is N#C/C=C/CCC1CCC(CCc2ccc(C#N)cc2)CC1. The van der Waals surface area contributed by atoms with E-state index >= 15 is 0 Å². The van der Waals surface area contributed by atoms with Crippen LogP contribution in [-0.4, -0.2) is 0 Å². The van der Waals surface area contributed by atoms with Gasteiger partial charge in [0, 0.05) is 6.08 Å². The molecule has 114 valence electrons. The van der Waals surface area contributed by atoms with Crippen LogP contribution in [0.2, 0.25) is 0 Å². The van der Waals surface area contributed by atoms with Crippen LogP contribution in [0.15, 0.2) is 36.4 Å². The minimum Gasteiger partial charge on any atom is -0.193 e. The number of hydrogen-bond acceptors (Lipinski definition) is 2. The molecule has 0 bridgehead atoms. The number of benzene rings is 1. The van der Waals surface area contributed by atoms with E-state index in [0.717, 1.165) is 30.2 Å². The van der Waals surface area contributed by atoms with E-state index in [-0.39, 0.29) is 0 Å². The molecule has 1 aliphatic carbocycles. The average Bonchev–Trinajstić information content (AvgIpc) is 2.58. The Bertz CT molecular complexity index is 549. The first-order chi connectivity index (χ1) is 10.8. The summed E-state index contributed by atoms with van der Waals surface area (Å²) in [4.78, 5) is 0. The molecule has 0 spiro atoms. The third-order valence-corrected chi connectivity index (χ3v) is 4.82. The molecule has 0 heterocycles. The quantitative estimate of drug-likeness (QED) is 0.680. The second kappa shape index (κ2) is 9.06. The van der Waals surface area contributed by atoms with Crippen molar-refractivity contribution in [3.63, 3.8) is 0 Å². The van der Waals surface area contributed by atoms with Crippen LogP contribution in [0.25, 0.3) is 0 Å². The van der Waals surface area contributed by atoms with E-state index in [2.05, 4.69) is 24.3 Å². The summed E-state index contributed by atoms with van der Waals surface area (Å²) in [6, 6.07) is 12.2. The van der Waals surface area contributed by atoms with Gasteiger partial charge in [0.1, 0.15) is 0 Å². The van der Waals surface area contributed by atoms with Crippen LogP contribution in [-0.2, 0) is 6.42 Å². The van der Waals surface area contributed by atoms with Crippen molar-refractivity contribution in [1.82, 2.24) is 0 Å². The molecule has 1 aromatic carbocycles. The molecule has 0 N–H and O–H groups in total. The lowest BCUT2D eigenvalue weighted by atomic mass is 9.78. The Balaban J connectivity index is 1.66. The van der Waals surface area contributed by atoms with Crippen molar-refractivity contribution in [3.05, 3.63) is 47.5 Å². The third-order valence-electron chi connectivity index (χ3n) is 4.82. The van der Waals surface area contributed by atoms with Gasteiger partial charge in [0.2, 0.25) is 0 Å². The molecule has 1 fully saturated rings. The Kier molecular flexibility index (Phi) is 6.72. The van der Waals surface area contributed by atoms with E-state index in [4.69, 9.17) is 10.5 Å². The first-order valence-corrected chi connectivity index (χ1v) is 8.35. The van der Waals surface area contributed by atoms with Gasteiger partial charge >= 0.3 is 0 Å². The molecule has 0 saturated heterocycles. The topological polar surface area (TPSA) is 47.6 Å². The van der Waals surface area contributed by atoms with E-state index in [0.29, 0.717) is 0 Å². The van der Waals surface area contributed by atoms with Gasteiger partial charge in [-0.1, -0.05) is 43.9 Å². The first-order valence-electron chi connectivity index (χ1n) is 8.35. The summed E-state index contributed by atoms with van der Waals surface area (Å²) in [6.45, 7) is 0. The highest BCUT2D eigenvalue weighted by atomic mass is 14.3.